The molecule has 0 saturated carbocycles. The van der Waals surface area contributed by atoms with Crippen LogP contribution in [0.4, 0.5) is 0 Å². The van der Waals surface area contributed by atoms with Crippen LogP contribution in [-0.2, 0) is 6.54 Å². The van der Waals surface area contributed by atoms with Gasteiger partial charge in [-0.3, -0.25) is 4.90 Å². The van der Waals surface area contributed by atoms with Crippen molar-refractivity contribution in [2.24, 2.45) is 0 Å². The zero-order chi connectivity index (χ0) is 15.5. The maximum absolute atomic E-state index is 4.45. The van der Waals surface area contributed by atoms with E-state index in [4.69, 9.17) is 0 Å². The number of piperazine rings is 1. The van der Waals surface area contributed by atoms with Gasteiger partial charge in [0.2, 0.25) is 0 Å². The highest BCUT2D eigenvalue weighted by Crippen LogP contribution is 2.31. The number of hydrogen-bond acceptors (Lipinski definition) is 1. The van der Waals surface area contributed by atoms with Crippen LogP contribution in [0.5, 0.6) is 0 Å². The van der Waals surface area contributed by atoms with Crippen molar-refractivity contribution in [2.75, 3.05) is 26.2 Å². The molecule has 1 aliphatic rings. The molecule has 0 aliphatic carbocycles. The molecule has 0 spiro atoms. The summed E-state index contributed by atoms with van der Waals surface area (Å²) in [5, 5.41) is 7.08. The summed E-state index contributed by atoms with van der Waals surface area (Å²) in [6.07, 6.45) is 0. The third-order valence-corrected chi connectivity index (χ3v) is 4.64. The molecule has 3 aromatic rings. The molecule has 1 saturated heterocycles. The van der Waals surface area contributed by atoms with Gasteiger partial charge in [-0.15, -0.1) is 0 Å². The van der Waals surface area contributed by atoms with Crippen molar-refractivity contribution >= 4 is 10.8 Å². The lowest BCUT2D eigenvalue weighted by atomic mass is 9.94. The van der Waals surface area contributed by atoms with E-state index in [-0.39, 0.29) is 0 Å². The zero-order valence-corrected chi connectivity index (χ0v) is 13.3. The SMILES string of the molecule is c1ccc(-c2cccc3ccccc23)c(CN2CC[N]CC2)c1. The van der Waals surface area contributed by atoms with Crippen molar-refractivity contribution in [3.63, 3.8) is 0 Å². The fourth-order valence-electron chi connectivity index (χ4n) is 3.43. The van der Waals surface area contributed by atoms with Gasteiger partial charge in [-0.1, -0.05) is 66.7 Å². The Morgan fingerprint density at radius 2 is 1.43 bits per heavy atom. The van der Waals surface area contributed by atoms with Crippen molar-refractivity contribution in [3.8, 4) is 11.1 Å². The molecule has 23 heavy (non-hydrogen) atoms. The van der Waals surface area contributed by atoms with Crippen LogP contribution in [0, 0.1) is 0 Å². The van der Waals surface area contributed by atoms with Gasteiger partial charge in [0.15, 0.2) is 0 Å². The summed E-state index contributed by atoms with van der Waals surface area (Å²) in [5.74, 6) is 0. The molecule has 4 rings (SSSR count). The van der Waals surface area contributed by atoms with Crippen molar-refractivity contribution in [2.45, 2.75) is 6.54 Å². The molecule has 3 aromatic carbocycles. The van der Waals surface area contributed by atoms with Gasteiger partial charge in [0.1, 0.15) is 0 Å². The van der Waals surface area contributed by atoms with E-state index in [0.717, 1.165) is 32.7 Å². The van der Waals surface area contributed by atoms with E-state index in [0.29, 0.717) is 0 Å². The van der Waals surface area contributed by atoms with Gasteiger partial charge in [0.05, 0.1) is 0 Å². The van der Waals surface area contributed by atoms with Crippen LogP contribution in [0.1, 0.15) is 5.56 Å². The Bertz CT molecular complexity index is 798. The smallest absolute Gasteiger partial charge is 0.0261 e. The average Bonchev–Trinajstić information content (AvgIpc) is 2.63. The molecule has 0 N–H and O–H groups in total. The molecule has 1 heterocycles. The van der Waals surface area contributed by atoms with Gasteiger partial charge in [-0.05, 0) is 27.5 Å². The van der Waals surface area contributed by atoms with Gasteiger partial charge in [0, 0.05) is 32.7 Å². The number of fused-ring (bicyclic) bond motifs is 1. The maximum Gasteiger partial charge on any atom is 0.0261 e. The first kappa shape index (κ1) is 14.4. The molecule has 0 bridgehead atoms. The molecule has 1 radical (unpaired) electrons. The molecule has 2 nitrogen and oxygen atoms in total. The van der Waals surface area contributed by atoms with Crippen molar-refractivity contribution in [1.82, 2.24) is 10.2 Å². The topological polar surface area (TPSA) is 17.3 Å². The summed E-state index contributed by atoms with van der Waals surface area (Å²) >= 11 is 0. The molecule has 0 aromatic heterocycles. The Morgan fingerprint density at radius 1 is 0.739 bits per heavy atom. The first-order valence-electron chi connectivity index (χ1n) is 8.33. The summed E-state index contributed by atoms with van der Waals surface area (Å²) in [5.41, 5.74) is 4.10. The van der Waals surface area contributed by atoms with E-state index >= 15 is 0 Å². The lowest BCUT2D eigenvalue weighted by Crippen LogP contribution is -2.39. The second kappa shape index (κ2) is 6.53. The quantitative estimate of drug-likeness (QED) is 0.716. The fraction of sp³-hybridized carbons (Fsp3) is 0.238. The lowest BCUT2D eigenvalue weighted by Gasteiger charge is -2.27. The summed E-state index contributed by atoms with van der Waals surface area (Å²) in [6.45, 7) is 5.09. The fourth-order valence-corrected chi connectivity index (χ4v) is 3.43. The number of rotatable bonds is 3. The Morgan fingerprint density at radius 3 is 2.35 bits per heavy atom. The summed E-state index contributed by atoms with van der Waals surface area (Å²) in [4.78, 5) is 2.51. The highest BCUT2D eigenvalue weighted by atomic mass is 15.2. The van der Waals surface area contributed by atoms with Gasteiger partial charge >= 0.3 is 0 Å². The van der Waals surface area contributed by atoms with Crippen LogP contribution in [-0.4, -0.2) is 31.1 Å². The molecule has 2 heteroatoms. The normalized spacial score (nSPS) is 15.8. The first-order valence-corrected chi connectivity index (χ1v) is 8.33. The van der Waals surface area contributed by atoms with Crippen LogP contribution < -0.4 is 5.32 Å². The van der Waals surface area contributed by atoms with Crippen molar-refractivity contribution in [1.29, 1.82) is 0 Å². The number of benzene rings is 3. The molecule has 0 unspecified atom stereocenters. The highest BCUT2D eigenvalue weighted by molar-refractivity contribution is 5.97. The van der Waals surface area contributed by atoms with E-state index in [1.54, 1.807) is 0 Å². The molecular weight excluding hydrogens is 280 g/mol. The summed E-state index contributed by atoms with van der Waals surface area (Å²) < 4.78 is 0. The van der Waals surface area contributed by atoms with Gasteiger partial charge in [0.25, 0.3) is 0 Å². The first-order chi connectivity index (χ1) is 11.4. The third-order valence-electron chi connectivity index (χ3n) is 4.64. The van der Waals surface area contributed by atoms with E-state index in [9.17, 15) is 0 Å². The molecule has 1 fully saturated rings. The van der Waals surface area contributed by atoms with Crippen molar-refractivity contribution in [3.05, 3.63) is 72.3 Å². The minimum atomic E-state index is 0.969. The van der Waals surface area contributed by atoms with Crippen LogP contribution in [0.15, 0.2) is 66.7 Å². The lowest BCUT2D eigenvalue weighted by molar-refractivity contribution is 0.231. The Kier molecular flexibility index (Phi) is 4.10. The molecule has 1 aliphatic heterocycles. The van der Waals surface area contributed by atoms with Crippen LogP contribution in [0.25, 0.3) is 21.9 Å². The monoisotopic (exact) mass is 301 g/mol. The van der Waals surface area contributed by atoms with E-state index < -0.39 is 0 Å². The van der Waals surface area contributed by atoms with Crippen LogP contribution >= 0.6 is 0 Å². The Balaban J connectivity index is 1.76. The highest BCUT2D eigenvalue weighted by Gasteiger charge is 2.14. The second-order valence-electron chi connectivity index (χ2n) is 6.13. The third kappa shape index (κ3) is 3.00. The molecular formula is C21H21N2. The number of nitrogens with zero attached hydrogens (tertiary/aromatic N) is 2. The predicted octanol–water partition coefficient (Wildman–Crippen LogP) is 3.93. The molecule has 0 amide bonds. The van der Waals surface area contributed by atoms with Gasteiger partial charge < -0.3 is 0 Å². The molecule has 115 valence electrons. The molecule has 0 atom stereocenters. The van der Waals surface area contributed by atoms with Crippen molar-refractivity contribution < 1.29 is 0 Å². The Labute approximate surface area is 137 Å². The van der Waals surface area contributed by atoms with Crippen LogP contribution in [0.3, 0.4) is 0 Å². The largest absolute Gasteiger partial charge is 0.296 e. The van der Waals surface area contributed by atoms with E-state index in [2.05, 4.69) is 76.9 Å². The van der Waals surface area contributed by atoms with E-state index in [1.165, 1.54) is 27.5 Å². The second-order valence-corrected chi connectivity index (χ2v) is 6.13. The summed E-state index contributed by atoms with van der Waals surface area (Å²) in [7, 11) is 0. The predicted molar refractivity (Wildman–Crippen MR) is 96.5 cm³/mol. The summed E-state index contributed by atoms with van der Waals surface area (Å²) in [6, 6.07) is 24.1. The average molecular weight is 301 g/mol. The van der Waals surface area contributed by atoms with Crippen LogP contribution in [0.2, 0.25) is 0 Å². The standard InChI is InChI=1S/C21H21N2/c1-3-9-19-17(6-1)8-5-11-21(19)20-10-4-2-7-18(20)16-23-14-12-22-13-15-23/h1-11H,12-16H2. The number of hydrogen-bond donors (Lipinski definition) is 0. The Hall–Kier alpha value is -2.16. The maximum atomic E-state index is 4.45. The minimum absolute atomic E-state index is 0.969. The van der Waals surface area contributed by atoms with Gasteiger partial charge in [-0.2, -0.15) is 0 Å². The minimum Gasteiger partial charge on any atom is -0.296 e. The zero-order valence-electron chi connectivity index (χ0n) is 13.3. The van der Waals surface area contributed by atoms with Gasteiger partial charge in [-0.25, -0.2) is 5.32 Å². The van der Waals surface area contributed by atoms with E-state index in [1.807, 2.05) is 0 Å².